The highest BCUT2D eigenvalue weighted by molar-refractivity contribution is 6.10. The maximum Gasteiger partial charge on any atom is 0.266 e. The predicted molar refractivity (Wildman–Crippen MR) is 108 cm³/mol. The van der Waals surface area contributed by atoms with Crippen molar-refractivity contribution in [2.45, 2.75) is 27.7 Å². The zero-order valence-corrected chi connectivity index (χ0v) is 15.8. The van der Waals surface area contributed by atoms with Gasteiger partial charge in [-0.25, -0.2) is 0 Å². The monoisotopic (exact) mass is 347 g/mol. The third-order valence-corrected chi connectivity index (χ3v) is 4.42. The molecule has 2 aromatic carbocycles. The third kappa shape index (κ3) is 4.52. The van der Waals surface area contributed by atoms with Gasteiger partial charge in [-0.05, 0) is 62.6 Å². The molecule has 134 valence electrons. The van der Waals surface area contributed by atoms with Crippen LogP contribution in [-0.4, -0.2) is 19.0 Å². The van der Waals surface area contributed by atoms with Crippen molar-refractivity contribution in [2.75, 3.05) is 23.3 Å². The second kappa shape index (κ2) is 8.87. The van der Waals surface area contributed by atoms with E-state index in [4.69, 9.17) is 0 Å². The molecule has 1 amide bonds. The van der Waals surface area contributed by atoms with Gasteiger partial charge in [0, 0.05) is 24.5 Å². The number of hydrogen-bond acceptors (Lipinski definition) is 3. The molecule has 26 heavy (non-hydrogen) atoms. The summed E-state index contributed by atoms with van der Waals surface area (Å²) in [5.74, 6) is -0.391. The molecule has 4 nitrogen and oxygen atoms in total. The van der Waals surface area contributed by atoms with Crippen molar-refractivity contribution < 1.29 is 4.79 Å². The van der Waals surface area contributed by atoms with Crippen molar-refractivity contribution >= 4 is 23.4 Å². The number of carbonyl (C=O) groups excluding carboxylic acids is 1. The lowest BCUT2D eigenvalue weighted by Gasteiger charge is -2.20. The van der Waals surface area contributed by atoms with E-state index in [2.05, 4.69) is 24.1 Å². The Morgan fingerprint density at radius 2 is 1.65 bits per heavy atom. The van der Waals surface area contributed by atoms with Gasteiger partial charge in [-0.1, -0.05) is 30.3 Å². The number of para-hydroxylation sites is 1. The number of aryl methyl sites for hydroxylation is 2. The van der Waals surface area contributed by atoms with Crippen LogP contribution in [0.4, 0.5) is 11.4 Å². The van der Waals surface area contributed by atoms with Gasteiger partial charge in [0.05, 0.1) is 0 Å². The summed E-state index contributed by atoms with van der Waals surface area (Å²) < 4.78 is 0. The number of rotatable bonds is 6. The molecule has 0 radical (unpaired) electrons. The van der Waals surface area contributed by atoms with Gasteiger partial charge in [0.1, 0.15) is 11.6 Å². The van der Waals surface area contributed by atoms with Gasteiger partial charge in [-0.2, -0.15) is 5.26 Å². The standard InChI is InChI=1S/C22H25N3O/c1-5-25(6-2)20-12-10-18(11-13-20)14-19(15-23)22(26)24-21-16(3)8-7-9-17(21)4/h7-14H,5-6H2,1-4H3,(H,24,26). The molecule has 0 aliphatic heterocycles. The van der Waals surface area contributed by atoms with Crippen LogP contribution < -0.4 is 10.2 Å². The lowest BCUT2D eigenvalue weighted by Crippen LogP contribution is -2.21. The molecule has 0 bridgehead atoms. The van der Waals surface area contributed by atoms with Crippen LogP contribution in [0.1, 0.15) is 30.5 Å². The summed E-state index contributed by atoms with van der Waals surface area (Å²) in [4.78, 5) is 14.8. The van der Waals surface area contributed by atoms with E-state index in [-0.39, 0.29) is 5.57 Å². The van der Waals surface area contributed by atoms with Crippen molar-refractivity contribution in [1.29, 1.82) is 5.26 Å². The Labute approximate surface area is 155 Å². The van der Waals surface area contributed by atoms with Crippen LogP contribution in [0.2, 0.25) is 0 Å². The predicted octanol–water partition coefficient (Wildman–Crippen LogP) is 4.70. The minimum Gasteiger partial charge on any atom is -0.372 e. The largest absolute Gasteiger partial charge is 0.372 e. The molecule has 0 spiro atoms. The van der Waals surface area contributed by atoms with Crippen LogP contribution in [0.5, 0.6) is 0 Å². The topological polar surface area (TPSA) is 56.1 Å². The molecule has 2 rings (SSSR count). The average Bonchev–Trinajstić information content (AvgIpc) is 2.65. The molecule has 0 aliphatic rings. The van der Waals surface area contributed by atoms with Crippen LogP contribution >= 0.6 is 0 Å². The Bertz CT molecular complexity index is 820. The molecular weight excluding hydrogens is 322 g/mol. The first kappa shape index (κ1) is 19.3. The summed E-state index contributed by atoms with van der Waals surface area (Å²) >= 11 is 0. The summed E-state index contributed by atoms with van der Waals surface area (Å²) in [5, 5.41) is 12.3. The van der Waals surface area contributed by atoms with Crippen LogP contribution in [-0.2, 0) is 4.79 Å². The molecule has 0 heterocycles. The maximum absolute atomic E-state index is 12.5. The zero-order valence-electron chi connectivity index (χ0n) is 15.8. The SMILES string of the molecule is CCN(CC)c1ccc(C=C(C#N)C(=O)Nc2c(C)cccc2C)cc1. The van der Waals surface area contributed by atoms with E-state index in [0.717, 1.165) is 41.2 Å². The van der Waals surface area contributed by atoms with Crippen molar-refractivity contribution in [1.82, 2.24) is 0 Å². The summed E-state index contributed by atoms with van der Waals surface area (Å²) in [5.41, 5.74) is 4.75. The van der Waals surface area contributed by atoms with Crippen LogP contribution in [0.3, 0.4) is 0 Å². The van der Waals surface area contributed by atoms with Gasteiger partial charge >= 0.3 is 0 Å². The van der Waals surface area contributed by atoms with Gasteiger partial charge in [0.15, 0.2) is 0 Å². The van der Waals surface area contributed by atoms with Gasteiger partial charge in [0.25, 0.3) is 5.91 Å². The van der Waals surface area contributed by atoms with E-state index < -0.39 is 5.91 Å². The fraction of sp³-hybridized carbons (Fsp3) is 0.273. The molecule has 0 saturated carbocycles. The highest BCUT2D eigenvalue weighted by Crippen LogP contribution is 2.21. The molecule has 0 unspecified atom stereocenters. The summed E-state index contributed by atoms with van der Waals surface area (Å²) in [6.07, 6.45) is 1.62. The van der Waals surface area contributed by atoms with Crippen molar-refractivity contribution in [3.63, 3.8) is 0 Å². The van der Waals surface area contributed by atoms with Gasteiger partial charge < -0.3 is 10.2 Å². The smallest absolute Gasteiger partial charge is 0.266 e. The average molecular weight is 347 g/mol. The number of nitrogens with zero attached hydrogens (tertiary/aromatic N) is 2. The second-order valence-electron chi connectivity index (χ2n) is 6.15. The van der Waals surface area contributed by atoms with Gasteiger partial charge in [0.2, 0.25) is 0 Å². The molecule has 0 atom stereocenters. The first-order valence-electron chi connectivity index (χ1n) is 8.84. The molecule has 0 aromatic heterocycles. The Balaban J connectivity index is 2.22. The normalized spacial score (nSPS) is 11.0. The van der Waals surface area contributed by atoms with Crippen molar-refractivity contribution in [3.05, 3.63) is 64.7 Å². The first-order chi connectivity index (χ1) is 12.5. The number of amides is 1. The third-order valence-electron chi connectivity index (χ3n) is 4.42. The Morgan fingerprint density at radius 1 is 1.08 bits per heavy atom. The summed E-state index contributed by atoms with van der Waals surface area (Å²) in [6, 6.07) is 15.7. The number of nitrogens with one attached hydrogen (secondary N) is 1. The van der Waals surface area contributed by atoms with Gasteiger partial charge in [-0.3, -0.25) is 4.79 Å². The lowest BCUT2D eigenvalue weighted by atomic mass is 10.1. The maximum atomic E-state index is 12.5. The van der Waals surface area contributed by atoms with Crippen LogP contribution in [0.25, 0.3) is 6.08 Å². The fourth-order valence-corrected chi connectivity index (χ4v) is 2.88. The Kier molecular flexibility index (Phi) is 6.57. The number of nitriles is 1. The van der Waals surface area contributed by atoms with E-state index in [1.165, 1.54) is 0 Å². The van der Waals surface area contributed by atoms with E-state index >= 15 is 0 Å². The quantitative estimate of drug-likeness (QED) is 0.609. The molecule has 2 aromatic rings. The second-order valence-corrected chi connectivity index (χ2v) is 6.15. The lowest BCUT2D eigenvalue weighted by molar-refractivity contribution is -0.112. The number of anilines is 2. The van der Waals surface area contributed by atoms with Crippen LogP contribution in [0, 0.1) is 25.2 Å². The minimum atomic E-state index is -0.391. The summed E-state index contributed by atoms with van der Waals surface area (Å²) in [7, 11) is 0. The number of carbonyl (C=O) groups is 1. The van der Waals surface area contributed by atoms with E-state index in [9.17, 15) is 10.1 Å². The number of hydrogen-bond donors (Lipinski definition) is 1. The molecule has 0 fully saturated rings. The fourth-order valence-electron chi connectivity index (χ4n) is 2.88. The number of benzene rings is 2. The van der Waals surface area contributed by atoms with Gasteiger partial charge in [-0.15, -0.1) is 0 Å². The highest BCUT2D eigenvalue weighted by Gasteiger charge is 2.12. The van der Waals surface area contributed by atoms with E-state index in [1.54, 1.807) is 6.08 Å². The van der Waals surface area contributed by atoms with Crippen molar-refractivity contribution in [3.8, 4) is 6.07 Å². The molecule has 4 heteroatoms. The zero-order chi connectivity index (χ0) is 19.1. The molecule has 0 aliphatic carbocycles. The van der Waals surface area contributed by atoms with Crippen molar-refractivity contribution in [2.24, 2.45) is 0 Å². The first-order valence-corrected chi connectivity index (χ1v) is 8.84. The Morgan fingerprint density at radius 3 is 2.15 bits per heavy atom. The Hall–Kier alpha value is -3.06. The summed E-state index contributed by atoms with van der Waals surface area (Å²) in [6.45, 7) is 9.97. The van der Waals surface area contributed by atoms with E-state index in [0.29, 0.717) is 0 Å². The minimum absolute atomic E-state index is 0.0863. The highest BCUT2D eigenvalue weighted by atomic mass is 16.1. The van der Waals surface area contributed by atoms with Crippen LogP contribution in [0.15, 0.2) is 48.0 Å². The van der Waals surface area contributed by atoms with E-state index in [1.807, 2.05) is 62.4 Å². The molecule has 0 saturated heterocycles. The molecule has 1 N–H and O–H groups in total. The molecular formula is C22H25N3O.